The number of nitrogens with one attached hydrogen (secondary N) is 2. The van der Waals surface area contributed by atoms with Crippen molar-refractivity contribution in [2.75, 3.05) is 13.7 Å². The summed E-state index contributed by atoms with van der Waals surface area (Å²) in [6, 6.07) is 4.65. The molecule has 1 unspecified atom stereocenters. The average Bonchev–Trinajstić information content (AvgIpc) is 2.70. The van der Waals surface area contributed by atoms with Crippen molar-refractivity contribution >= 4 is 10.9 Å². The number of aryl methyl sites for hydroxylation is 1. The van der Waals surface area contributed by atoms with Crippen LogP contribution in [0.15, 0.2) is 12.1 Å². The summed E-state index contributed by atoms with van der Waals surface area (Å²) in [5.41, 5.74) is 5.29. The van der Waals surface area contributed by atoms with Crippen LogP contribution in [0.1, 0.15) is 29.8 Å². The number of aromatic nitrogens is 1. The molecule has 3 nitrogen and oxygen atoms in total. The maximum atomic E-state index is 5.36. The number of H-pyrrole nitrogens is 1. The number of hydrogen-bond donors (Lipinski definition) is 2. The number of hydrogen-bond acceptors (Lipinski definition) is 2. The van der Waals surface area contributed by atoms with E-state index >= 15 is 0 Å². The van der Waals surface area contributed by atoms with Gasteiger partial charge < -0.3 is 15.0 Å². The van der Waals surface area contributed by atoms with Crippen LogP contribution in [0.2, 0.25) is 0 Å². The molecule has 0 spiro atoms. The molecule has 1 aliphatic rings. The molecule has 0 saturated heterocycles. The zero-order valence-electron chi connectivity index (χ0n) is 10.6. The summed E-state index contributed by atoms with van der Waals surface area (Å²) in [5, 5.41) is 4.81. The van der Waals surface area contributed by atoms with Crippen LogP contribution in [0.3, 0.4) is 0 Å². The molecule has 0 fully saturated rings. The molecule has 17 heavy (non-hydrogen) atoms. The summed E-state index contributed by atoms with van der Waals surface area (Å²) in [7, 11) is 1.73. The minimum Gasteiger partial charge on any atom is -0.497 e. The Morgan fingerprint density at radius 1 is 1.35 bits per heavy atom. The van der Waals surface area contributed by atoms with Gasteiger partial charge in [-0.05, 0) is 50.1 Å². The van der Waals surface area contributed by atoms with Crippen LogP contribution in [0.25, 0.3) is 10.9 Å². The van der Waals surface area contributed by atoms with E-state index in [1.807, 2.05) is 0 Å². The molecule has 0 saturated carbocycles. The Labute approximate surface area is 101 Å². The second-order valence-corrected chi connectivity index (χ2v) is 4.81. The summed E-state index contributed by atoms with van der Waals surface area (Å²) < 4.78 is 5.36. The normalized spacial score (nSPS) is 19.4. The van der Waals surface area contributed by atoms with Gasteiger partial charge in [0.05, 0.1) is 7.11 Å². The Morgan fingerprint density at radius 2 is 2.18 bits per heavy atom. The molecule has 2 heterocycles. The number of rotatable bonds is 1. The van der Waals surface area contributed by atoms with Crippen molar-refractivity contribution in [2.24, 2.45) is 0 Å². The molecule has 90 valence electrons. The first-order chi connectivity index (χ1) is 8.20. The number of methoxy groups -OCH3 is 1. The molecular weight excluding hydrogens is 212 g/mol. The van der Waals surface area contributed by atoms with Crippen molar-refractivity contribution in [3.63, 3.8) is 0 Å². The molecule has 3 rings (SSSR count). The zero-order valence-corrected chi connectivity index (χ0v) is 10.6. The van der Waals surface area contributed by atoms with E-state index in [1.165, 1.54) is 27.7 Å². The fraction of sp³-hybridized carbons (Fsp3) is 0.429. The van der Waals surface area contributed by atoms with Crippen LogP contribution in [0.4, 0.5) is 0 Å². The van der Waals surface area contributed by atoms with Crippen LogP contribution in [0.5, 0.6) is 5.75 Å². The Kier molecular flexibility index (Phi) is 2.37. The van der Waals surface area contributed by atoms with E-state index in [0.717, 1.165) is 18.7 Å². The van der Waals surface area contributed by atoms with Crippen molar-refractivity contribution in [3.8, 4) is 5.75 Å². The van der Waals surface area contributed by atoms with E-state index < -0.39 is 0 Å². The maximum Gasteiger partial charge on any atom is 0.119 e. The quantitative estimate of drug-likeness (QED) is 0.790. The molecule has 0 bridgehead atoms. The lowest BCUT2D eigenvalue weighted by atomic mass is 9.99. The minimum absolute atomic E-state index is 0.413. The topological polar surface area (TPSA) is 37.0 Å². The van der Waals surface area contributed by atoms with Crippen LogP contribution >= 0.6 is 0 Å². The fourth-order valence-corrected chi connectivity index (χ4v) is 2.79. The molecule has 1 aliphatic heterocycles. The van der Waals surface area contributed by atoms with Gasteiger partial charge >= 0.3 is 0 Å². The van der Waals surface area contributed by atoms with Crippen LogP contribution in [0, 0.1) is 6.92 Å². The molecule has 2 aromatic rings. The Hall–Kier alpha value is -1.48. The summed E-state index contributed by atoms with van der Waals surface area (Å²) in [4.78, 5) is 3.57. The van der Waals surface area contributed by atoms with Crippen molar-refractivity contribution in [1.82, 2.24) is 10.3 Å². The van der Waals surface area contributed by atoms with Crippen molar-refractivity contribution in [3.05, 3.63) is 29.0 Å². The zero-order chi connectivity index (χ0) is 12.0. The monoisotopic (exact) mass is 230 g/mol. The average molecular weight is 230 g/mol. The predicted octanol–water partition coefficient (Wildman–Crippen LogP) is 2.69. The summed E-state index contributed by atoms with van der Waals surface area (Å²) in [6.07, 6.45) is 1.09. The van der Waals surface area contributed by atoms with Crippen molar-refractivity contribution < 1.29 is 4.74 Å². The lowest BCUT2D eigenvalue weighted by Gasteiger charge is -2.20. The second-order valence-electron chi connectivity index (χ2n) is 4.81. The van der Waals surface area contributed by atoms with E-state index in [2.05, 4.69) is 36.3 Å². The third-order valence-corrected chi connectivity index (χ3v) is 3.71. The van der Waals surface area contributed by atoms with Gasteiger partial charge in [0.25, 0.3) is 0 Å². The van der Waals surface area contributed by atoms with Crippen molar-refractivity contribution in [2.45, 2.75) is 26.3 Å². The standard InChI is InChI=1S/C14H18N2O/c1-8-6-10(17-3)7-12-11-4-5-15-9(2)14(11)16-13(8)12/h6-7,9,15-16H,4-5H2,1-3H3. The van der Waals surface area contributed by atoms with E-state index in [-0.39, 0.29) is 0 Å². The van der Waals surface area contributed by atoms with Gasteiger partial charge in [-0.25, -0.2) is 0 Å². The van der Waals surface area contributed by atoms with Gasteiger partial charge in [-0.2, -0.15) is 0 Å². The lowest BCUT2D eigenvalue weighted by molar-refractivity contribution is 0.415. The SMILES string of the molecule is COc1cc(C)c2[nH]c3c(c2c1)CCNC3C. The molecule has 1 aromatic heterocycles. The first-order valence-corrected chi connectivity index (χ1v) is 6.13. The molecule has 0 amide bonds. The smallest absolute Gasteiger partial charge is 0.119 e. The van der Waals surface area contributed by atoms with Gasteiger partial charge in [0.1, 0.15) is 5.75 Å². The van der Waals surface area contributed by atoms with Gasteiger partial charge in [0, 0.05) is 22.6 Å². The van der Waals surface area contributed by atoms with Crippen molar-refractivity contribution in [1.29, 1.82) is 0 Å². The van der Waals surface area contributed by atoms with Gasteiger partial charge in [0.2, 0.25) is 0 Å². The van der Waals surface area contributed by atoms with Crippen LogP contribution in [-0.2, 0) is 6.42 Å². The van der Waals surface area contributed by atoms with Crippen LogP contribution < -0.4 is 10.1 Å². The highest BCUT2D eigenvalue weighted by atomic mass is 16.5. The largest absolute Gasteiger partial charge is 0.497 e. The van der Waals surface area contributed by atoms with Gasteiger partial charge in [0.15, 0.2) is 0 Å². The summed E-state index contributed by atoms with van der Waals surface area (Å²) >= 11 is 0. The minimum atomic E-state index is 0.413. The Bertz CT molecular complexity index is 571. The molecule has 0 radical (unpaired) electrons. The number of benzene rings is 1. The van der Waals surface area contributed by atoms with E-state index in [0.29, 0.717) is 6.04 Å². The Morgan fingerprint density at radius 3 is 2.94 bits per heavy atom. The Balaban J connectivity index is 2.31. The van der Waals surface area contributed by atoms with E-state index in [9.17, 15) is 0 Å². The van der Waals surface area contributed by atoms with Gasteiger partial charge in [-0.1, -0.05) is 0 Å². The second kappa shape index (κ2) is 3.77. The first-order valence-electron chi connectivity index (χ1n) is 6.13. The predicted molar refractivity (Wildman–Crippen MR) is 69.7 cm³/mol. The number of fused-ring (bicyclic) bond motifs is 3. The number of ether oxygens (including phenoxy) is 1. The summed E-state index contributed by atoms with van der Waals surface area (Å²) in [6.45, 7) is 5.39. The third kappa shape index (κ3) is 1.53. The van der Waals surface area contributed by atoms with Gasteiger partial charge in [-0.15, -0.1) is 0 Å². The summed E-state index contributed by atoms with van der Waals surface area (Å²) in [5.74, 6) is 0.947. The first kappa shape index (κ1) is 10.7. The molecular formula is C14H18N2O. The van der Waals surface area contributed by atoms with Gasteiger partial charge in [-0.3, -0.25) is 0 Å². The lowest BCUT2D eigenvalue weighted by Crippen LogP contribution is -2.27. The molecule has 0 aliphatic carbocycles. The maximum absolute atomic E-state index is 5.36. The van der Waals surface area contributed by atoms with E-state index in [1.54, 1.807) is 7.11 Å². The molecule has 1 atom stereocenters. The molecule has 2 N–H and O–H groups in total. The fourth-order valence-electron chi connectivity index (χ4n) is 2.79. The van der Waals surface area contributed by atoms with Crippen LogP contribution in [-0.4, -0.2) is 18.6 Å². The third-order valence-electron chi connectivity index (χ3n) is 3.71. The highest BCUT2D eigenvalue weighted by Crippen LogP contribution is 2.33. The number of aromatic amines is 1. The highest BCUT2D eigenvalue weighted by Gasteiger charge is 2.21. The van der Waals surface area contributed by atoms with E-state index in [4.69, 9.17) is 4.74 Å². The molecule has 3 heteroatoms. The molecule has 1 aromatic carbocycles. The highest BCUT2D eigenvalue weighted by molar-refractivity contribution is 5.89.